The molecular formula is C13H20N4. The van der Waals surface area contributed by atoms with E-state index in [1.165, 1.54) is 25.7 Å². The summed E-state index contributed by atoms with van der Waals surface area (Å²) < 4.78 is 0. The summed E-state index contributed by atoms with van der Waals surface area (Å²) in [6.07, 6.45) is 7.05. The van der Waals surface area contributed by atoms with Gasteiger partial charge in [-0.25, -0.2) is 9.97 Å². The molecule has 1 atom stereocenters. The van der Waals surface area contributed by atoms with E-state index in [-0.39, 0.29) is 0 Å². The molecule has 17 heavy (non-hydrogen) atoms. The highest BCUT2D eigenvalue weighted by atomic mass is 15.3. The number of rotatable bonds is 4. The standard InChI is InChI=1S/C13H20N4/c1-10-6-8-15-13(16-10)17(12-4-5-12)9-11-3-2-7-14-11/h6,8,11-12,14H,2-5,7,9H2,1H3. The number of aryl methyl sites for hydroxylation is 1. The Morgan fingerprint density at radius 1 is 1.41 bits per heavy atom. The second-order valence-corrected chi connectivity index (χ2v) is 5.17. The lowest BCUT2D eigenvalue weighted by atomic mass is 10.2. The van der Waals surface area contributed by atoms with Gasteiger partial charge in [0.25, 0.3) is 0 Å². The van der Waals surface area contributed by atoms with Gasteiger partial charge in [0.15, 0.2) is 0 Å². The van der Waals surface area contributed by atoms with Crippen LogP contribution in [0.15, 0.2) is 12.3 Å². The quantitative estimate of drug-likeness (QED) is 0.854. The van der Waals surface area contributed by atoms with Crippen molar-refractivity contribution in [1.29, 1.82) is 0 Å². The van der Waals surface area contributed by atoms with Gasteiger partial charge < -0.3 is 10.2 Å². The number of aromatic nitrogens is 2. The second kappa shape index (κ2) is 4.61. The monoisotopic (exact) mass is 232 g/mol. The zero-order valence-corrected chi connectivity index (χ0v) is 10.4. The molecule has 0 spiro atoms. The number of nitrogens with zero attached hydrogens (tertiary/aromatic N) is 3. The normalized spacial score (nSPS) is 23.9. The summed E-state index contributed by atoms with van der Waals surface area (Å²) in [7, 11) is 0. The van der Waals surface area contributed by atoms with Crippen LogP contribution in [0.5, 0.6) is 0 Å². The molecule has 1 unspecified atom stereocenters. The zero-order chi connectivity index (χ0) is 11.7. The van der Waals surface area contributed by atoms with Gasteiger partial charge in [-0.1, -0.05) is 0 Å². The number of anilines is 1. The Balaban J connectivity index is 1.74. The number of nitrogens with one attached hydrogen (secondary N) is 1. The van der Waals surface area contributed by atoms with E-state index in [0.717, 1.165) is 24.7 Å². The molecule has 1 saturated heterocycles. The number of hydrogen-bond donors (Lipinski definition) is 1. The Morgan fingerprint density at radius 2 is 2.29 bits per heavy atom. The van der Waals surface area contributed by atoms with Gasteiger partial charge >= 0.3 is 0 Å². The fourth-order valence-electron chi connectivity index (χ4n) is 2.50. The first-order chi connectivity index (χ1) is 8.33. The lowest BCUT2D eigenvalue weighted by Crippen LogP contribution is -2.39. The molecule has 4 nitrogen and oxygen atoms in total. The Labute approximate surface area is 102 Å². The SMILES string of the molecule is Cc1ccnc(N(CC2CCCN2)C2CC2)n1. The van der Waals surface area contributed by atoms with Crippen LogP contribution >= 0.6 is 0 Å². The molecule has 2 heterocycles. The van der Waals surface area contributed by atoms with Crippen LogP contribution in [0.1, 0.15) is 31.4 Å². The highest BCUT2D eigenvalue weighted by Gasteiger charge is 2.32. The first kappa shape index (κ1) is 11.0. The van der Waals surface area contributed by atoms with Gasteiger partial charge in [-0.05, 0) is 45.2 Å². The molecule has 1 N–H and O–H groups in total. The van der Waals surface area contributed by atoms with Gasteiger partial charge in [0.2, 0.25) is 5.95 Å². The van der Waals surface area contributed by atoms with E-state index in [0.29, 0.717) is 12.1 Å². The van der Waals surface area contributed by atoms with Crippen molar-refractivity contribution in [3.05, 3.63) is 18.0 Å². The first-order valence-electron chi connectivity index (χ1n) is 6.62. The third kappa shape index (κ3) is 2.57. The highest BCUT2D eigenvalue weighted by molar-refractivity contribution is 5.34. The third-order valence-corrected chi connectivity index (χ3v) is 3.61. The Bertz CT molecular complexity index is 383. The topological polar surface area (TPSA) is 41.1 Å². The molecule has 1 aromatic rings. The van der Waals surface area contributed by atoms with Crippen LogP contribution in [0, 0.1) is 6.92 Å². The lowest BCUT2D eigenvalue weighted by molar-refractivity contribution is 0.571. The lowest BCUT2D eigenvalue weighted by Gasteiger charge is -2.25. The van der Waals surface area contributed by atoms with Gasteiger partial charge in [-0.3, -0.25) is 0 Å². The van der Waals surface area contributed by atoms with Crippen molar-refractivity contribution >= 4 is 5.95 Å². The molecule has 1 aliphatic heterocycles. The Hall–Kier alpha value is -1.16. The minimum atomic E-state index is 0.625. The molecule has 0 amide bonds. The molecule has 3 rings (SSSR count). The largest absolute Gasteiger partial charge is 0.336 e. The van der Waals surface area contributed by atoms with E-state index in [1.54, 1.807) is 0 Å². The summed E-state index contributed by atoms with van der Waals surface area (Å²) in [5.74, 6) is 0.918. The van der Waals surface area contributed by atoms with Crippen molar-refractivity contribution in [2.75, 3.05) is 18.0 Å². The van der Waals surface area contributed by atoms with Gasteiger partial charge in [0, 0.05) is 30.5 Å². The van der Waals surface area contributed by atoms with Gasteiger partial charge in [-0.15, -0.1) is 0 Å². The van der Waals surface area contributed by atoms with Crippen LogP contribution in [0.3, 0.4) is 0 Å². The summed E-state index contributed by atoms with van der Waals surface area (Å²) in [6, 6.07) is 3.27. The molecule has 1 aromatic heterocycles. The van der Waals surface area contributed by atoms with E-state index < -0.39 is 0 Å². The molecular weight excluding hydrogens is 212 g/mol. The van der Waals surface area contributed by atoms with Crippen LogP contribution in [-0.4, -0.2) is 35.1 Å². The molecule has 4 heteroatoms. The maximum atomic E-state index is 4.56. The Kier molecular flexibility index (Phi) is 2.97. The van der Waals surface area contributed by atoms with Crippen molar-refractivity contribution in [2.45, 2.75) is 44.7 Å². The van der Waals surface area contributed by atoms with E-state index in [9.17, 15) is 0 Å². The van der Waals surface area contributed by atoms with E-state index in [2.05, 4.69) is 20.2 Å². The molecule has 92 valence electrons. The average Bonchev–Trinajstić information content (AvgIpc) is 3.03. The van der Waals surface area contributed by atoms with Gasteiger partial charge in [-0.2, -0.15) is 0 Å². The van der Waals surface area contributed by atoms with Crippen molar-refractivity contribution in [2.24, 2.45) is 0 Å². The van der Waals surface area contributed by atoms with E-state index in [1.807, 2.05) is 19.2 Å². The minimum absolute atomic E-state index is 0.625. The molecule has 2 aliphatic rings. The molecule has 0 aromatic carbocycles. The highest BCUT2D eigenvalue weighted by Crippen LogP contribution is 2.30. The second-order valence-electron chi connectivity index (χ2n) is 5.17. The zero-order valence-electron chi connectivity index (χ0n) is 10.4. The average molecular weight is 232 g/mol. The maximum absolute atomic E-state index is 4.56. The van der Waals surface area contributed by atoms with Crippen molar-refractivity contribution in [1.82, 2.24) is 15.3 Å². The van der Waals surface area contributed by atoms with Crippen molar-refractivity contribution < 1.29 is 0 Å². The summed E-state index contributed by atoms with van der Waals surface area (Å²) >= 11 is 0. The minimum Gasteiger partial charge on any atom is -0.336 e. The predicted octanol–water partition coefficient (Wildman–Crippen LogP) is 1.51. The molecule has 1 saturated carbocycles. The van der Waals surface area contributed by atoms with Gasteiger partial charge in [0.05, 0.1) is 0 Å². The van der Waals surface area contributed by atoms with Crippen molar-refractivity contribution in [3.63, 3.8) is 0 Å². The van der Waals surface area contributed by atoms with Crippen LogP contribution in [0.4, 0.5) is 5.95 Å². The van der Waals surface area contributed by atoms with Crippen LogP contribution in [0.2, 0.25) is 0 Å². The van der Waals surface area contributed by atoms with Gasteiger partial charge in [0.1, 0.15) is 0 Å². The summed E-state index contributed by atoms with van der Waals surface area (Å²) in [5, 5.41) is 3.56. The van der Waals surface area contributed by atoms with Crippen LogP contribution < -0.4 is 10.2 Å². The van der Waals surface area contributed by atoms with E-state index in [4.69, 9.17) is 0 Å². The third-order valence-electron chi connectivity index (χ3n) is 3.61. The molecule has 0 radical (unpaired) electrons. The summed E-state index contributed by atoms with van der Waals surface area (Å²) in [4.78, 5) is 11.4. The molecule has 2 fully saturated rings. The summed E-state index contributed by atoms with van der Waals surface area (Å²) in [5.41, 5.74) is 1.06. The maximum Gasteiger partial charge on any atom is 0.225 e. The smallest absolute Gasteiger partial charge is 0.225 e. The van der Waals surface area contributed by atoms with Crippen LogP contribution in [-0.2, 0) is 0 Å². The fourth-order valence-corrected chi connectivity index (χ4v) is 2.50. The molecule has 0 bridgehead atoms. The molecule has 1 aliphatic carbocycles. The Morgan fingerprint density at radius 3 is 2.94 bits per heavy atom. The first-order valence-corrected chi connectivity index (χ1v) is 6.62. The van der Waals surface area contributed by atoms with E-state index >= 15 is 0 Å². The van der Waals surface area contributed by atoms with Crippen LogP contribution in [0.25, 0.3) is 0 Å². The van der Waals surface area contributed by atoms with Crippen molar-refractivity contribution in [3.8, 4) is 0 Å². The number of hydrogen-bond acceptors (Lipinski definition) is 4. The fraction of sp³-hybridized carbons (Fsp3) is 0.692. The predicted molar refractivity (Wildman–Crippen MR) is 68.2 cm³/mol. The summed E-state index contributed by atoms with van der Waals surface area (Å²) in [6.45, 7) is 4.26.